The number of phenols is 1. The topological polar surface area (TPSA) is 88.8 Å². The number of phenolic OH excluding ortho intramolecular Hbond substituents is 1. The summed E-state index contributed by atoms with van der Waals surface area (Å²) in [5.74, 6) is -2.84. The number of anilines is 1. The minimum atomic E-state index is -1.14. The molecular weight excluding hydrogens is 346 g/mol. The highest BCUT2D eigenvalue weighted by atomic mass is 19.2. The Hall–Kier alpha value is -3.23. The Morgan fingerprint density at radius 1 is 1.38 bits per heavy atom. The van der Waals surface area contributed by atoms with Crippen molar-refractivity contribution >= 4 is 17.4 Å². The van der Waals surface area contributed by atoms with Gasteiger partial charge in [0.1, 0.15) is 17.1 Å². The average molecular weight is 362 g/mol. The quantitative estimate of drug-likeness (QED) is 0.678. The number of carbonyl (C=O) groups is 1. The Morgan fingerprint density at radius 3 is 2.88 bits per heavy atom. The van der Waals surface area contributed by atoms with Crippen molar-refractivity contribution in [3.63, 3.8) is 0 Å². The minimum Gasteiger partial charge on any atom is -0.507 e. The number of benzene rings is 1. The van der Waals surface area contributed by atoms with Gasteiger partial charge < -0.3 is 15.2 Å². The SMILES string of the molecule is CCOC(=O)c1cnn2ccc(N[C@H](C)c3c(O)ccc(F)c3F)nc12. The lowest BCUT2D eigenvalue weighted by Crippen LogP contribution is -2.12. The van der Waals surface area contributed by atoms with Crippen LogP contribution in [0.4, 0.5) is 14.6 Å². The van der Waals surface area contributed by atoms with Crippen LogP contribution >= 0.6 is 0 Å². The summed E-state index contributed by atoms with van der Waals surface area (Å²) in [6.45, 7) is 3.45. The predicted octanol–water partition coefficient (Wildman–Crippen LogP) is 3.06. The number of fused-ring (bicyclic) bond motifs is 1. The van der Waals surface area contributed by atoms with Crippen LogP contribution < -0.4 is 5.32 Å². The maximum Gasteiger partial charge on any atom is 0.343 e. The summed E-state index contributed by atoms with van der Waals surface area (Å²) in [5, 5.41) is 16.7. The first-order valence-corrected chi connectivity index (χ1v) is 7.87. The third-order valence-corrected chi connectivity index (χ3v) is 3.77. The van der Waals surface area contributed by atoms with Crippen LogP contribution in [0, 0.1) is 11.6 Å². The Bertz CT molecular complexity index is 974. The molecule has 0 aliphatic rings. The smallest absolute Gasteiger partial charge is 0.343 e. The Morgan fingerprint density at radius 2 is 2.15 bits per heavy atom. The molecule has 0 unspecified atom stereocenters. The van der Waals surface area contributed by atoms with Gasteiger partial charge in [-0.05, 0) is 32.0 Å². The van der Waals surface area contributed by atoms with E-state index >= 15 is 0 Å². The van der Waals surface area contributed by atoms with E-state index in [1.165, 1.54) is 10.7 Å². The molecule has 0 amide bonds. The van der Waals surface area contributed by atoms with Crippen LogP contribution in [0.2, 0.25) is 0 Å². The molecule has 0 radical (unpaired) electrons. The number of hydrogen-bond acceptors (Lipinski definition) is 6. The fraction of sp³-hybridized carbons (Fsp3) is 0.235. The van der Waals surface area contributed by atoms with Gasteiger partial charge in [0.15, 0.2) is 17.3 Å². The second-order valence-electron chi connectivity index (χ2n) is 5.52. The van der Waals surface area contributed by atoms with Gasteiger partial charge in [-0.1, -0.05) is 0 Å². The molecule has 7 nitrogen and oxygen atoms in total. The standard InChI is InChI=1S/C17H16F2N4O3/c1-3-26-17(25)10-8-20-23-7-6-13(22-16(10)23)21-9(2)14-12(24)5-4-11(18)15(14)19/h4-9,24H,3H2,1-2H3,(H,21,22)/t9-/m1/s1. The van der Waals surface area contributed by atoms with Crippen molar-refractivity contribution in [1.82, 2.24) is 14.6 Å². The highest BCUT2D eigenvalue weighted by Crippen LogP contribution is 2.30. The van der Waals surface area contributed by atoms with Crippen LogP contribution in [-0.4, -0.2) is 32.3 Å². The van der Waals surface area contributed by atoms with Crippen molar-refractivity contribution in [1.29, 1.82) is 0 Å². The molecule has 1 atom stereocenters. The van der Waals surface area contributed by atoms with Gasteiger partial charge in [0.2, 0.25) is 0 Å². The van der Waals surface area contributed by atoms with E-state index in [2.05, 4.69) is 15.4 Å². The van der Waals surface area contributed by atoms with Gasteiger partial charge in [-0.25, -0.2) is 23.1 Å². The Balaban J connectivity index is 1.93. The molecule has 3 rings (SSSR count). The van der Waals surface area contributed by atoms with Crippen molar-refractivity contribution in [3.05, 3.63) is 53.4 Å². The summed E-state index contributed by atoms with van der Waals surface area (Å²) in [4.78, 5) is 16.2. The van der Waals surface area contributed by atoms with E-state index in [0.29, 0.717) is 5.82 Å². The number of aromatic hydroxyl groups is 1. The molecule has 0 spiro atoms. The van der Waals surface area contributed by atoms with Crippen LogP contribution in [-0.2, 0) is 4.74 Å². The zero-order valence-electron chi connectivity index (χ0n) is 14.0. The van der Waals surface area contributed by atoms with E-state index in [4.69, 9.17) is 4.74 Å². The van der Waals surface area contributed by atoms with E-state index in [1.54, 1.807) is 26.1 Å². The molecular formula is C17H16F2N4O3. The lowest BCUT2D eigenvalue weighted by molar-refractivity contribution is 0.0528. The first-order chi connectivity index (χ1) is 12.4. The molecule has 2 N–H and O–H groups in total. The van der Waals surface area contributed by atoms with E-state index in [0.717, 1.165) is 12.1 Å². The number of rotatable bonds is 5. The van der Waals surface area contributed by atoms with E-state index in [-0.39, 0.29) is 29.1 Å². The van der Waals surface area contributed by atoms with Crippen LogP contribution in [0.5, 0.6) is 5.75 Å². The molecule has 26 heavy (non-hydrogen) atoms. The molecule has 2 heterocycles. The van der Waals surface area contributed by atoms with Crippen LogP contribution in [0.15, 0.2) is 30.6 Å². The molecule has 2 aromatic heterocycles. The van der Waals surface area contributed by atoms with Crippen molar-refractivity contribution in [3.8, 4) is 5.75 Å². The number of nitrogens with one attached hydrogen (secondary N) is 1. The average Bonchev–Trinajstić information content (AvgIpc) is 3.02. The fourth-order valence-corrected chi connectivity index (χ4v) is 2.56. The third kappa shape index (κ3) is 3.15. The summed E-state index contributed by atoms with van der Waals surface area (Å²) < 4.78 is 33.8. The summed E-state index contributed by atoms with van der Waals surface area (Å²) in [5.41, 5.74) is 0.221. The number of hydrogen-bond donors (Lipinski definition) is 2. The van der Waals surface area contributed by atoms with Gasteiger partial charge in [-0.2, -0.15) is 5.10 Å². The van der Waals surface area contributed by atoms with Crippen LogP contribution in [0.3, 0.4) is 0 Å². The second-order valence-corrected chi connectivity index (χ2v) is 5.52. The van der Waals surface area contributed by atoms with Gasteiger partial charge >= 0.3 is 5.97 Å². The van der Waals surface area contributed by atoms with E-state index < -0.39 is 23.6 Å². The van der Waals surface area contributed by atoms with Crippen molar-refractivity contribution in [2.24, 2.45) is 0 Å². The van der Waals surface area contributed by atoms with Gasteiger partial charge in [-0.3, -0.25) is 0 Å². The monoisotopic (exact) mass is 362 g/mol. The van der Waals surface area contributed by atoms with Crippen molar-refractivity contribution in [2.75, 3.05) is 11.9 Å². The third-order valence-electron chi connectivity index (χ3n) is 3.77. The minimum absolute atomic E-state index is 0.183. The summed E-state index contributed by atoms with van der Waals surface area (Å²) in [6, 6.07) is 2.70. The molecule has 1 aromatic carbocycles. The number of carbonyl (C=O) groups excluding carboxylic acids is 1. The van der Waals surface area contributed by atoms with Gasteiger partial charge in [0.25, 0.3) is 0 Å². The zero-order valence-corrected chi connectivity index (χ0v) is 14.0. The molecule has 9 heteroatoms. The predicted molar refractivity (Wildman–Crippen MR) is 89.0 cm³/mol. The highest BCUT2D eigenvalue weighted by Gasteiger charge is 2.20. The molecule has 0 aliphatic heterocycles. The van der Waals surface area contributed by atoms with Gasteiger partial charge in [0, 0.05) is 6.20 Å². The highest BCUT2D eigenvalue weighted by molar-refractivity contribution is 5.95. The molecule has 0 fully saturated rings. The number of ether oxygens (including phenoxy) is 1. The fourth-order valence-electron chi connectivity index (χ4n) is 2.56. The number of aromatic nitrogens is 3. The molecule has 0 aliphatic carbocycles. The number of esters is 1. The van der Waals surface area contributed by atoms with Crippen LogP contribution in [0.1, 0.15) is 35.8 Å². The summed E-state index contributed by atoms with van der Waals surface area (Å²) >= 11 is 0. The maximum atomic E-state index is 14.0. The molecule has 136 valence electrons. The maximum absolute atomic E-state index is 14.0. The first-order valence-electron chi connectivity index (χ1n) is 7.87. The lowest BCUT2D eigenvalue weighted by Gasteiger charge is -2.17. The molecule has 3 aromatic rings. The molecule has 0 saturated carbocycles. The van der Waals surface area contributed by atoms with Crippen LogP contribution in [0.25, 0.3) is 5.65 Å². The van der Waals surface area contributed by atoms with Crippen molar-refractivity contribution in [2.45, 2.75) is 19.9 Å². The Kier molecular flexibility index (Phi) is 4.70. The van der Waals surface area contributed by atoms with E-state index in [1.807, 2.05) is 0 Å². The van der Waals surface area contributed by atoms with Gasteiger partial charge in [-0.15, -0.1) is 0 Å². The van der Waals surface area contributed by atoms with Crippen molar-refractivity contribution < 1.29 is 23.4 Å². The summed E-state index contributed by atoms with van der Waals surface area (Å²) in [7, 11) is 0. The first kappa shape index (κ1) is 17.6. The van der Waals surface area contributed by atoms with E-state index in [9.17, 15) is 18.7 Å². The molecule has 0 saturated heterocycles. The second kappa shape index (κ2) is 6.95. The summed E-state index contributed by atoms with van der Waals surface area (Å²) in [6.07, 6.45) is 2.90. The zero-order chi connectivity index (χ0) is 18.8. The number of nitrogens with zero attached hydrogens (tertiary/aromatic N) is 3. The largest absolute Gasteiger partial charge is 0.507 e. The molecule has 0 bridgehead atoms. The Labute approximate surface area is 147 Å². The normalized spacial score (nSPS) is 12.2. The number of halogens is 2. The van der Waals surface area contributed by atoms with Gasteiger partial charge in [0.05, 0.1) is 24.4 Å². The lowest BCUT2D eigenvalue weighted by atomic mass is 10.1.